The van der Waals surface area contributed by atoms with E-state index in [2.05, 4.69) is 20.0 Å². The average molecular weight is 383 g/mol. The van der Waals surface area contributed by atoms with E-state index in [0.717, 1.165) is 12.1 Å². The van der Waals surface area contributed by atoms with Crippen molar-refractivity contribution in [2.24, 2.45) is 0 Å². The summed E-state index contributed by atoms with van der Waals surface area (Å²) in [6.07, 6.45) is -3.97. The van der Waals surface area contributed by atoms with Crippen LogP contribution in [0, 0.1) is 13.8 Å². The third-order valence-corrected chi connectivity index (χ3v) is 3.54. The maximum absolute atomic E-state index is 12.4. The van der Waals surface area contributed by atoms with E-state index in [9.17, 15) is 22.8 Å². The van der Waals surface area contributed by atoms with Crippen LogP contribution in [0.3, 0.4) is 0 Å². The summed E-state index contributed by atoms with van der Waals surface area (Å²) in [5.41, 5.74) is 0.905. The number of carboxylic acids is 1. The molecule has 1 unspecified atom stereocenters. The number of nitrogens with zero attached hydrogens (tertiary/aromatic N) is 2. The maximum Gasteiger partial charge on any atom is 0.573 e. The largest absolute Gasteiger partial charge is 0.573 e. The number of halogens is 3. The Morgan fingerprint density at radius 3 is 2.37 bits per heavy atom. The normalized spacial score (nSPS) is 12.3. The van der Waals surface area contributed by atoms with E-state index in [4.69, 9.17) is 5.11 Å². The van der Waals surface area contributed by atoms with Gasteiger partial charge in [0.2, 0.25) is 0 Å². The van der Waals surface area contributed by atoms with Gasteiger partial charge in [0.1, 0.15) is 11.6 Å². The van der Waals surface area contributed by atoms with E-state index in [1.165, 1.54) is 18.3 Å². The van der Waals surface area contributed by atoms with E-state index in [0.29, 0.717) is 17.1 Å². The molecular formula is C17H16F3N3O4. The second kappa shape index (κ2) is 8.02. The molecule has 2 aromatic rings. The molecule has 0 saturated heterocycles. The quantitative estimate of drug-likeness (QED) is 0.795. The highest BCUT2D eigenvalue weighted by Gasteiger charge is 2.31. The second-order valence-corrected chi connectivity index (χ2v) is 5.66. The van der Waals surface area contributed by atoms with Crippen LogP contribution in [0.25, 0.3) is 0 Å². The minimum absolute atomic E-state index is 0.174. The van der Waals surface area contributed by atoms with Gasteiger partial charge in [-0.2, -0.15) is 0 Å². The zero-order valence-electron chi connectivity index (χ0n) is 14.4. The molecule has 2 rings (SSSR count). The third-order valence-electron chi connectivity index (χ3n) is 3.54. The Morgan fingerprint density at radius 1 is 1.22 bits per heavy atom. The number of amides is 1. The molecule has 0 aliphatic heterocycles. The zero-order chi connectivity index (χ0) is 20.2. The van der Waals surface area contributed by atoms with Crippen molar-refractivity contribution in [1.29, 1.82) is 0 Å². The number of rotatable bonds is 6. The van der Waals surface area contributed by atoms with E-state index >= 15 is 0 Å². The molecular weight excluding hydrogens is 367 g/mol. The Kier molecular flexibility index (Phi) is 5.98. The molecule has 27 heavy (non-hydrogen) atoms. The van der Waals surface area contributed by atoms with Crippen LogP contribution in [0.5, 0.6) is 5.75 Å². The molecule has 0 fully saturated rings. The van der Waals surface area contributed by atoms with Crippen LogP contribution in [-0.2, 0) is 4.79 Å². The van der Waals surface area contributed by atoms with Crippen LogP contribution < -0.4 is 10.1 Å². The Labute approximate surface area is 152 Å². The first-order chi connectivity index (χ1) is 12.5. The second-order valence-electron chi connectivity index (χ2n) is 5.66. The predicted octanol–water partition coefficient (Wildman–Crippen LogP) is 2.94. The van der Waals surface area contributed by atoms with E-state index in [1.54, 1.807) is 13.8 Å². The van der Waals surface area contributed by atoms with Gasteiger partial charge in [0.15, 0.2) is 0 Å². The first kappa shape index (κ1) is 20.1. The summed E-state index contributed by atoms with van der Waals surface area (Å²) in [5.74, 6) is -1.75. The highest BCUT2D eigenvalue weighted by Crippen LogP contribution is 2.25. The fourth-order valence-corrected chi connectivity index (χ4v) is 2.37. The molecule has 0 spiro atoms. The van der Waals surface area contributed by atoms with Gasteiger partial charge in [-0.15, -0.1) is 13.2 Å². The maximum atomic E-state index is 12.4. The van der Waals surface area contributed by atoms with Crippen LogP contribution in [0.2, 0.25) is 0 Å². The van der Waals surface area contributed by atoms with Gasteiger partial charge in [0.25, 0.3) is 5.91 Å². The lowest BCUT2D eigenvalue weighted by molar-refractivity contribution is -0.274. The lowest BCUT2D eigenvalue weighted by atomic mass is 10.0. The Balaban J connectivity index is 2.22. The number of alkyl halides is 3. The van der Waals surface area contributed by atoms with Crippen molar-refractivity contribution in [3.63, 3.8) is 0 Å². The molecule has 0 aliphatic carbocycles. The molecule has 0 aliphatic rings. The topological polar surface area (TPSA) is 101 Å². The van der Waals surface area contributed by atoms with Crippen LogP contribution in [0.15, 0.2) is 30.5 Å². The molecule has 7 nitrogen and oxygen atoms in total. The van der Waals surface area contributed by atoms with Crippen LogP contribution >= 0.6 is 0 Å². The van der Waals surface area contributed by atoms with E-state index < -0.39 is 36.5 Å². The Morgan fingerprint density at radius 2 is 1.85 bits per heavy atom. The minimum Gasteiger partial charge on any atom is -0.481 e. The summed E-state index contributed by atoms with van der Waals surface area (Å²) in [4.78, 5) is 31.6. The van der Waals surface area contributed by atoms with Crippen molar-refractivity contribution in [3.05, 3.63) is 53.1 Å². The number of benzene rings is 1. The number of hydrogen-bond donors (Lipinski definition) is 2. The minimum atomic E-state index is -4.83. The molecule has 0 saturated carbocycles. The van der Waals surface area contributed by atoms with E-state index in [1.807, 2.05) is 0 Å². The number of aryl methyl sites for hydroxylation is 2. The fraction of sp³-hybridized carbons (Fsp3) is 0.294. The summed E-state index contributed by atoms with van der Waals surface area (Å²) in [5, 5.41) is 11.6. The van der Waals surface area contributed by atoms with Crippen LogP contribution in [-0.4, -0.2) is 33.3 Å². The molecule has 1 amide bonds. The first-order valence-corrected chi connectivity index (χ1v) is 7.74. The molecule has 1 aromatic carbocycles. The number of hydrogen-bond acceptors (Lipinski definition) is 5. The molecule has 2 N–H and O–H groups in total. The van der Waals surface area contributed by atoms with Gasteiger partial charge in [-0.3, -0.25) is 9.59 Å². The number of carboxylic acid groups (broad SMARTS) is 1. The smallest absolute Gasteiger partial charge is 0.481 e. The zero-order valence-corrected chi connectivity index (χ0v) is 14.4. The standard InChI is InChI=1S/C17H16F3N3O4/c1-9-13(8-21-10(2)22-9)16(26)23-14(7-15(24)25)11-3-5-12(6-4-11)27-17(18,19)20/h3-6,8,14H,7H2,1-2H3,(H,23,26)(H,24,25). The summed E-state index contributed by atoms with van der Waals surface area (Å²) in [6.45, 7) is 3.27. The van der Waals surface area contributed by atoms with Gasteiger partial charge in [0, 0.05) is 6.20 Å². The van der Waals surface area contributed by atoms with Crippen molar-refractivity contribution >= 4 is 11.9 Å². The predicted molar refractivity (Wildman–Crippen MR) is 87.1 cm³/mol. The molecule has 1 heterocycles. The third kappa shape index (κ3) is 5.94. The van der Waals surface area contributed by atoms with Crippen molar-refractivity contribution < 1.29 is 32.6 Å². The van der Waals surface area contributed by atoms with Crippen LogP contribution in [0.1, 0.15) is 39.9 Å². The van der Waals surface area contributed by atoms with Crippen molar-refractivity contribution in [1.82, 2.24) is 15.3 Å². The molecule has 1 atom stereocenters. The van der Waals surface area contributed by atoms with E-state index in [-0.39, 0.29) is 5.56 Å². The number of carbonyl (C=O) groups is 2. The first-order valence-electron chi connectivity index (χ1n) is 7.74. The molecule has 0 radical (unpaired) electrons. The van der Waals surface area contributed by atoms with Crippen LogP contribution in [0.4, 0.5) is 13.2 Å². The number of ether oxygens (including phenoxy) is 1. The monoisotopic (exact) mass is 383 g/mol. The number of carbonyl (C=O) groups excluding carboxylic acids is 1. The Bertz CT molecular complexity index is 838. The lowest BCUT2D eigenvalue weighted by Crippen LogP contribution is -2.31. The SMILES string of the molecule is Cc1ncc(C(=O)NC(CC(=O)O)c2ccc(OC(F)(F)F)cc2)c(C)n1. The van der Waals surface area contributed by atoms with Gasteiger partial charge in [-0.1, -0.05) is 12.1 Å². The van der Waals surface area contributed by atoms with Gasteiger partial charge in [-0.05, 0) is 31.5 Å². The number of aromatic nitrogens is 2. The summed E-state index contributed by atoms with van der Waals surface area (Å²) < 4.78 is 40.5. The summed E-state index contributed by atoms with van der Waals surface area (Å²) in [7, 11) is 0. The fourth-order valence-electron chi connectivity index (χ4n) is 2.37. The lowest BCUT2D eigenvalue weighted by Gasteiger charge is -2.18. The van der Waals surface area contributed by atoms with Gasteiger partial charge < -0.3 is 15.2 Å². The summed E-state index contributed by atoms with van der Waals surface area (Å²) in [6, 6.07) is 3.64. The molecule has 10 heteroatoms. The van der Waals surface area contributed by atoms with Crippen molar-refractivity contribution in [3.8, 4) is 5.75 Å². The van der Waals surface area contributed by atoms with Gasteiger partial charge in [-0.25, -0.2) is 9.97 Å². The highest BCUT2D eigenvalue weighted by atomic mass is 19.4. The molecule has 144 valence electrons. The highest BCUT2D eigenvalue weighted by molar-refractivity contribution is 5.95. The Hall–Kier alpha value is -3.17. The molecule has 1 aromatic heterocycles. The van der Waals surface area contributed by atoms with Crippen molar-refractivity contribution in [2.45, 2.75) is 32.7 Å². The van der Waals surface area contributed by atoms with Gasteiger partial charge >= 0.3 is 12.3 Å². The van der Waals surface area contributed by atoms with Gasteiger partial charge in [0.05, 0.1) is 23.7 Å². The molecule has 0 bridgehead atoms. The summed E-state index contributed by atoms with van der Waals surface area (Å²) >= 11 is 0. The number of nitrogens with one attached hydrogen (secondary N) is 1. The number of aliphatic carboxylic acids is 1. The van der Waals surface area contributed by atoms with Crippen molar-refractivity contribution in [2.75, 3.05) is 0 Å². The average Bonchev–Trinajstić information content (AvgIpc) is 2.52.